The zero-order chi connectivity index (χ0) is 21.2. The lowest BCUT2D eigenvalue weighted by molar-refractivity contribution is -0.129. The highest BCUT2D eigenvalue weighted by Gasteiger charge is 2.12. The molecule has 7 heteroatoms. The number of carbonyl (C=O) groups is 2. The van der Waals surface area contributed by atoms with E-state index in [0.29, 0.717) is 35.4 Å². The van der Waals surface area contributed by atoms with Crippen molar-refractivity contribution in [1.29, 1.82) is 0 Å². The first-order valence-corrected chi connectivity index (χ1v) is 9.69. The molecule has 0 heterocycles. The lowest BCUT2D eigenvalue weighted by Gasteiger charge is -2.16. The Bertz CT molecular complexity index is 866. The van der Waals surface area contributed by atoms with Gasteiger partial charge in [0.15, 0.2) is 11.5 Å². The molecule has 1 N–H and O–H groups in total. The van der Waals surface area contributed by atoms with E-state index in [9.17, 15) is 9.59 Å². The molecule has 2 aromatic carbocycles. The standard InChI is InChI=1S/C22H25ClN2O4/c1-4-28-19-12-11-18(14-20(19)29-5-2)24-21(26)15-25(3)22(27)13-8-16-6-9-17(23)10-7-16/h6-14H,4-5,15H2,1-3H3,(H,24,26)/b13-8+. The summed E-state index contributed by atoms with van der Waals surface area (Å²) in [5.74, 6) is 0.582. The highest BCUT2D eigenvalue weighted by Crippen LogP contribution is 2.30. The summed E-state index contributed by atoms with van der Waals surface area (Å²) in [6, 6.07) is 12.3. The number of hydrogen-bond donors (Lipinski definition) is 1. The van der Waals surface area contributed by atoms with Crippen molar-refractivity contribution in [3.8, 4) is 11.5 Å². The van der Waals surface area contributed by atoms with Crippen molar-refractivity contribution in [2.75, 3.05) is 32.1 Å². The first-order valence-electron chi connectivity index (χ1n) is 9.31. The average molecular weight is 417 g/mol. The molecule has 0 aliphatic rings. The smallest absolute Gasteiger partial charge is 0.246 e. The average Bonchev–Trinajstić information content (AvgIpc) is 2.69. The number of nitrogens with one attached hydrogen (secondary N) is 1. The van der Waals surface area contributed by atoms with Crippen LogP contribution >= 0.6 is 11.6 Å². The van der Waals surface area contributed by atoms with Gasteiger partial charge in [-0.3, -0.25) is 9.59 Å². The fourth-order valence-corrected chi connectivity index (χ4v) is 2.62. The number of rotatable bonds is 9. The molecule has 0 aliphatic carbocycles. The molecule has 0 radical (unpaired) electrons. The van der Waals surface area contributed by atoms with Gasteiger partial charge in [0, 0.05) is 29.9 Å². The van der Waals surface area contributed by atoms with Crippen molar-refractivity contribution < 1.29 is 19.1 Å². The quantitative estimate of drug-likeness (QED) is 0.620. The van der Waals surface area contributed by atoms with Gasteiger partial charge in [-0.1, -0.05) is 23.7 Å². The Morgan fingerprint density at radius 3 is 2.34 bits per heavy atom. The topological polar surface area (TPSA) is 67.9 Å². The van der Waals surface area contributed by atoms with E-state index in [4.69, 9.17) is 21.1 Å². The second-order valence-electron chi connectivity index (χ2n) is 6.15. The number of benzene rings is 2. The van der Waals surface area contributed by atoms with Crippen LogP contribution < -0.4 is 14.8 Å². The molecule has 0 saturated heterocycles. The van der Waals surface area contributed by atoms with E-state index in [1.165, 1.54) is 11.0 Å². The van der Waals surface area contributed by atoms with Crippen molar-refractivity contribution >= 4 is 35.2 Å². The molecule has 29 heavy (non-hydrogen) atoms. The summed E-state index contributed by atoms with van der Waals surface area (Å²) in [5, 5.41) is 3.40. The number of likely N-dealkylation sites (N-methyl/N-ethyl adjacent to an activating group) is 1. The second kappa shape index (κ2) is 11.1. The zero-order valence-electron chi connectivity index (χ0n) is 16.8. The third-order valence-corrected chi connectivity index (χ3v) is 4.12. The van der Waals surface area contributed by atoms with Crippen LogP contribution in [-0.2, 0) is 9.59 Å². The maximum absolute atomic E-state index is 12.3. The van der Waals surface area contributed by atoms with Crippen LogP contribution in [0.25, 0.3) is 6.08 Å². The first kappa shape index (κ1) is 22.3. The minimum Gasteiger partial charge on any atom is -0.490 e. The summed E-state index contributed by atoms with van der Waals surface area (Å²) in [5.41, 5.74) is 1.41. The predicted octanol–water partition coefficient (Wildman–Crippen LogP) is 4.25. The summed E-state index contributed by atoms with van der Waals surface area (Å²) in [7, 11) is 1.57. The van der Waals surface area contributed by atoms with E-state index in [2.05, 4.69) is 5.32 Å². The Morgan fingerprint density at radius 2 is 1.69 bits per heavy atom. The third kappa shape index (κ3) is 7.16. The van der Waals surface area contributed by atoms with Crippen LogP contribution in [0.1, 0.15) is 19.4 Å². The summed E-state index contributed by atoms with van der Waals surface area (Å²) in [4.78, 5) is 25.9. The third-order valence-electron chi connectivity index (χ3n) is 3.87. The van der Waals surface area contributed by atoms with Crippen molar-refractivity contribution in [3.63, 3.8) is 0 Å². The predicted molar refractivity (Wildman–Crippen MR) is 116 cm³/mol. The molecule has 0 spiro atoms. The molecule has 2 aromatic rings. The molecule has 154 valence electrons. The van der Waals surface area contributed by atoms with Gasteiger partial charge in [0.2, 0.25) is 11.8 Å². The van der Waals surface area contributed by atoms with Gasteiger partial charge in [-0.15, -0.1) is 0 Å². The summed E-state index contributed by atoms with van der Waals surface area (Å²) >= 11 is 5.84. The van der Waals surface area contributed by atoms with E-state index in [0.717, 1.165) is 5.56 Å². The van der Waals surface area contributed by atoms with Crippen molar-refractivity contribution in [2.45, 2.75) is 13.8 Å². The van der Waals surface area contributed by atoms with Crippen LogP contribution in [0.3, 0.4) is 0 Å². The van der Waals surface area contributed by atoms with Crippen LogP contribution in [0, 0.1) is 0 Å². The monoisotopic (exact) mass is 416 g/mol. The Kier molecular flexibility index (Phi) is 8.55. The van der Waals surface area contributed by atoms with Crippen molar-refractivity contribution in [1.82, 2.24) is 4.90 Å². The van der Waals surface area contributed by atoms with Crippen LogP contribution in [0.5, 0.6) is 11.5 Å². The maximum Gasteiger partial charge on any atom is 0.246 e. The van der Waals surface area contributed by atoms with Gasteiger partial charge < -0.3 is 19.7 Å². The van der Waals surface area contributed by atoms with Gasteiger partial charge in [0.25, 0.3) is 0 Å². The number of carbonyl (C=O) groups excluding carboxylic acids is 2. The molecule has 6 nitrogen and oxygen atoms in total. The summed E-state index contributed by atoms with van der Waals surface area (Å²) < 4.78 is 11.1. The number of halogens is 1. The van der Waals surface area contributed by atoms with E-state index in [1.807, 2.05) is 13.8 Å². The van der Waals surface area contributed by atoms with Crippen molar-refractivity contribution in [3.05, 3.63) is 59.1 Å². The van der Waals surface area contributed by atoms with Gasteiger partial charge in [-0.05, 0) is 49.8 Å². The molecule has 0 aromatic heterocycles. The molecule has 0 bridgehead atoms. The number of ether oxygens (including phenoxy) is 2. The Balaban J connectivity index is 1.94. The summed E-state index contributed by atoms with van der Waals surface area (Å²) in [6.07, 6.45) is 3.09. The van der Waals surface area contributed by atoms with Gasteiger partial charge in [0.1, 0.15) is 0 Å². The van der Waals surface area contributed by atoms with E-state index >= 15 is 0 Å². The van der Waals surface area contributed by atoms with Crippen LogP contribution in [0.4, 0.5) is 5.69 Å². The molecular formula is C22H25ClN2O4. The van der Waals surface area contributed by atoms with Gasteiger partial charge in [-0.2, -0.15) is 0 Å². The molecule has 0 fully saturated rings. The second-order valence-corrected chi connectivity index (χ2v) is 6.59. The fraction of sp³-hybridized carbons (Fsp3) is 0.273. The molecule has 2 amide bonds. The largest absolute Gasteiger partial charge is 0.490 e. The SMILES string of the molecule is CCOc1ccc(NC(=O)CN(C)C(=O)/C=C/c2ccc(Cl)cc2)cc1OCC. The Labute approximate surface area is 176 Å². The molecule has 0 aliphatic heterocycles. The molecule has 0 saturated carbocycles. The molecule has 0 atom stereocenters. The number of anilines is 1. The van der Waals surface area contributed by atoms with Gasteiger partial charge in [0.05, 0.1) is 19.8 Å². The number of hydrogen-bond acceptors (Lipinski definition) is 4. The minimum absolute atomic E-state index is 0.0824. The van der Waals surface area contributed by atoms with Crippen LogP contribution in [0.2, 0.25) is 5.02 Å². The molecule has 0 unspecified atom stereocenters. The van der Waals surface area contributed by atoms with E-state index in [-0.39, 0.29) is 18.4 Å². The highest BCUT2D eigenvalue weighted by atomic mass is 35.5. The highest BCUT2D eigenvalue weighted by molar-refractivity contribution is 6.30. The zero-order valence-corrected chi connectivity index (χ0v) is 17.5. The van der Waals surface area contributed by atoms with Crippen LogP contribution in [-0.4, -0.2) is 43.5 Å². The minimum atomic E-state index is -0.313. The summed E-state index contributed by atoms with van der Waals surface area (Å²) in [6.45, 7) is 4.68. The van der Waals surface area contributed by atoms with E-state index < -0.39 is 0 Å². The number of nitrogens with zero attached hydrogens (tertiary/aromatic N) is 1. The van der Waals surface area contributed by atoms with Crippen molar-refractivity contribution in [2.24, 2.45) is 0 Å². The Hall–Kier alpha value is -2.99. The number of amides is 2. The van der Waals surface area contributed by atoms with Crippen LogP contribution in [0.15, 0.2) is 48.5 Å². The van der Waals surface area contributed by atoms with Gasteiger partial charge >= 0.3 is 0 Å². The lowest BCUT2D eigenvalue weighted by Crippen LogP contribution is -2.33. The first-order chi connectivity index (χ1) is 13.9. The lowest BCUT2D eigenvalue weighted by atomic mass is 10.2. The molecular weight excluding hydrogens is 392 g/mol. The normalized spacial score (nSPS) is 10.6. The fourth-order valence-electron chi connectivity index (χ4n) is 2.49. The van der Waals surface area contributed by atoms with E-state index in [1.54, 1.807) is 55.6 Å². The Morgan fingerprint density at radius 1 is 1.03 bits per heavy atom. The maximum atomic E-state index is 12.3. The molecule has 2 rings (SSSR count). The van der Waals surface area contributed by atoms with Gasteiger partial charge in [-0.25, -0.2) is 0 Å².